The van der Waals surface area contributed by atoms with Crippen LogP contribution >= 0.6 is 11.8 Å². The molecule has 0 aliphatic heterocycles. The van der Waals surface area contributed by atoms with Gasteiger partial charge < -0.3 is 5.32 Å². The lowest BCUT2D eigenvalue weighted by molar-refractivity contribution is 0.699. The summed E-state index contributed by atoms with van der Waals surface area (Å²) in [5, 5.41) is 3.33. The molecule has 0 aliphatic rings. The SMILES string of the molecule is CSCC(C)CNc1cnc2ccccc2n1. The minimum atomic E-state index is 0.637. The van der Waals surface area contributed by atoms with Crippen LogP contribution in [0.5, 0.6) is 0 Å². The van der Waals surface area contributed by atoms with E-state index in [0.29, 0.717) is 5.92 Å². The van der Waals surface area contributed by atoms with Gasteiger partial charge in [-0.25, -0.2) is 4.98 Å². The van der Waals surface area contributed by atoms with Crippen molar-refractivity contribution in [3.05, 3.63) is 30.5 Å². The highest BCUT2D eigenvalue weighted by Crippen LogP contribution is 2.12. The summed E-state index contributed by atoms with van der Waals surface area (Å²) < 4.78 is 0. The molecule has 1 aromatic carbocycles. The fraction of sp³-hybridized carbons (Fsp3) is 0.385. The molecule has 0 saturated carbocycles. The van der Waals surface area contributed by atoms with E-state index in [1.807, 2.05) is 36.0 Å². The molecule has 1 atom stereocenters. The molecular weight excluding hydrogens is 230 g/mol. The molecule has 0 amide bonds. The number of nitrogens with zero attached hydrogens (tertiary/aromatic N) is 2. The first kappa shape index (κ1) is 12.2. The Bertz CT molecular complexity index is 487. The Labute approximate surface area is 106 Å². The summed E-state index contributed by atoms with van der Waals surface area (Å²) in [5.41, 5.74) is 1.88. The number of para-hydroxylation sites is 2. The van der Waals surface area contributed by atoms with Gasteiger partial charge in [0.25, 0.3) is 0 Å². The molecule has 1 N–H and O–H groups in total. The van der Waals surface area contributed by atoms with Gasteiger partial charge in [0.15, 0.2) is 0 Å². The number of fused-ring (bicyclic) bond motifs is 1. The summed E-state index contributed by atoms with van der Waals surface area (Å²) in [6.07, 6.45) is 3.93. The zero-order valence-electron chi connectivity index (χ0n) is 10.2. The van der Waals surface area contributed by atoms with Gasteiger partial charge in [-0.2, -0.15) is 11.8 Å². The van der Waals surface area contributed by atoms with Gasteiger partial charge in [0, 0.05) is 6.54 Å². The Hall–Kier alpha value is -1.29. The van der Waals surface area contributed by atoms with Crippen molar-refractivity contribution in [1.29, 1.82) is 0 Å². The van der Waals surface area contributed by atoms with Crippen LogP contribution in [-0.4, -0.2) is 28.5 Å². The van der Waals surface area contributed by atoms with Crippen LogP contribution in [0.4, 0.5) is 5.82 Å². The van der Waals surface area contributed by atoms with Gasteiger partial charge in [0.2, 0.25) is 0 Å². The van der Waals surface area contributed by atoms with Crippen molar-refractivity contribution in [3.8, 4) is 0 Å². The Morgan fingerprint density at radius 2 is 2.06 bits per heavy atom. The second-order valence-corrected chi connectivity index (χ2v) is 5.10. The number of hydrogen-bond acceptors (Lipinski definition) is 4. The molecule has 1 aromatic heterocycles. The fourth-order valence-electron chi connectivity index (χ4n) is 1.66. The number of nitrogens with one attached hydrogen (secondary N) is 1. The molecule has 2 aromatic rings. The van der Waals surface area contributed by atoms with E-state index in [4.69, 9.17) is 0 Å². The first-order valence-electron chi connectivity index (χ1n) is 5.74. The normalized spacial score (nSPS) is 12.6. The number of hydrogen-bond donors (Lipinski definition) is 1. The zero-order chi connectivity index (χ0) is 12.1. The second-order valence-electron chi connectivity index (χ2n) is 4.19. The van der Waals surface area contributed by atoms with E-state index < -0.39 is 0 Å². The van der Waals surface area contributed by atoms with E-state index in [-0.39, 0.29) is 0 Å². The van der Waals surface area contributed by atoms with Crippen molar-refractivity contribution >= 4 is 28.6 Å². The molecule has 0 aliphatic carbocycles. The van der Waals surface area contributed by atoms with Crippen LogP contribution in [-0.2, 0) is 0 Å². The summed E-state index contributed by atoms with van der Waals surface area (Å²) in [4.78, 5) is 8.90. The molecule has 0 spiro atoms. The minimum Gasteiger partial charge on any atom is -0.368 e. The number of aromatic nitrogens is 2. The minimum absolute atomic E-state index is 0.637. The maximum absolute atomic E-state index is 4.53. The number of rotatable bonds is 5. The van der Waals surface area contributed by atoms with Gasteiger partial charge in [-0.3, -0.25) is 4.98 Å². The largest absolute Gasteiger partial charge is 0.368 e. The lowest BCUT2D eigenvalue weighted by Crippen LogP contribution is -2.14. The highest BCUT2D eigenvalue weighted by molar-refractivity contribution is 7.98. The molecule has 4 heteroatoms. The van der Waals surface area contributed by atoms with E-state index in [2.05, 4.69) is 28.5 Å². The van der Waals surface area contributed by atoms with Crippen molar-refractivity contribution in [2.75, 3.05) is 23.9 Å². The van der Waals surface area contributed by atoms with Crippen LogP contribution in [0, 0.1) is 5.92 Å². The van der Waals surface area contributed by atoms with Crippen LogP contribution in [0.1, 0.15) is 6.92 Å². The first-order valence-corrected chi connectivity index (χ1v) is 7.13. The third-order valence-corrected chi connectivity index (χ3v) is 3.43. The first-order chi connectivity index (χ1) is 8.29. The molecule has 0 radical (unpaired) electrons. The Kier molecular flexibility index (Phi) is 4.20. The quantitative estimate of drug-likeness (QED) is 0.881. The summed E-state index contributed by atoms with van der Waals surface area (Å²) in [7, 11) is 0. The molecule has 3 nitrogen and oxygen atoms in total. The van der Waals surface area contributed by atoms with Crippen molar-refractivity contribution in [2.24, 2.45) is 5.92 Å². The Morgan fingerprint density at radius 1 is 1.29 bits per heavy atom. The van der Waals surface area contributed by atoms with Crippen molar-refractivity contribution in [1.82, 2.24) is 9.97 Å². The maximum Gasteiger partial charge on any atom is 0.145 e. The summed E-state index contributed by atoms with van der Waals surface area (Å²) in [6.45, 7) is 3.17. The van der Waals surface area contributed by atoms with Crippen LogP contribution in [0.3, 0.4) is 0 Å². The average molecular weight is 247 g/mol. The second kappa shape index (κ2) is 5.87. The van der Waals surface area contributed by atoms with Crippen LogP contribution in [0.15, 0.2) is 30.5 Å². The molecule has 1 heterocycles. The smallest absolute Gasteiger partial charge is 0.145 e. The van der Waals surface area contributed by atoms with Crippen molar-refractivity contribution in [3.63, 3.8) is 0 Å². The van der Waals surface area contributed by atoms with Crippen LogP contribution in [0.2, 0.25) is 0 Å². The van der Waals surface area contributed by atoms with Crippen molar-refractivity contribution in [2.45, 2.75) is 6.92 Å². The fourth-order valence-corrected chi connectivity index (χ4v) is 2.35. The molecule has 17 heavy (non-hydrogen) atoms. The van der Waals surface area contributed by atoms with Gasteiger partial charge >= 0.3 is 0 Å². The average Bonchev–Trinajstić information content (AvgIpc) is 2.36. The predicted molar refractivity (Wildman–Crippen MR) is 75.6 cm³/mol. The lowest BCUT2D eigenvalue weighted by Gasteiger charge is -2.11. The monoisotopic (exact) mass is 247 g/mol. The summed E-state index contributed by atoms with van der Waals surface area (Å²) in [5.74, 6) is 2.66. The van der Waals surface area contributed by atoms with Crippen LogP contribution in [0.25, 0.3) is 11.0 Å². The number of anilines is 1. The van der Waals surface area contributed by atoms with Gasteiger partial charge in [-0.15, -0.1) is 0 Å². The molecular formula is C13H17N3S. The highest BCUT2D eigenvalue weighted by Gasteiger charge is 2.02. The lowest BCUT2D eigenvalue weighted by atomic mass is 10.2. The Balaban J connectivity index is 2.04. The third-order valence-electron chi connectivity index (χ3n) is 2.53. The summed E-state index contributed by atoms with van der Waals surface area (Å²) >= 11 is 1.87. The van der Waals surface area contributed by atoms with E-state index in [9.17, 15) is 0 Å². The van der Waals surface area contributed by atoms with E-state index in [1.165, 1.54) is 0 Å². The third kappa shape index (κ3) is 3.33. The van der Waals surface area contributed by atoms with Gasteiger partial charge in [-0.05, 0) is 30.1 Å². The summed E-state index contributed by atoms with van der Waals surface area (Å²) in [6, 6.07) is 7.92. The molecule has 0 saturated heterocycles. The molecule has 90 valence electrons. The molecule has 1 unspecified atom stereocenters. The van der Waals surface area contributed by atoms with Gasteiger partial charge in [0.05, 0.1) is 17.2 Å². The number of benzene rings is 1. The van der Waals surface area contributed by atoms with E-state index in [1.54, 1.807) is 6.20 Å². The maximum atomic E-state index is 4.53. The predicted octanol–water partition coefficient (Wildman–Crippen LogP) is 3.04. The van der Waals surface area contributed by atoms with E-state index >= 15 is 0 Å². The molecule has 0 bridgehead atoms. The zero-order valence-corrected chi connectivity index (χ0v) is 11.0. The standard InChI is InChI=1S/C13H17N3S/c1-10(9-17-2)7-15-13-8-14-11-5-3-4-6-12(11)16-13/h3-6,8,10H,7,9H2,1-2H3,(H,15,16). The van der Waals surface area contributed by atoms with Crippen LogP contribution < -0.4 is 5.32 Å². The molecule has 2 rings (SSSR count). The number of thioether (sulfide) groups is 1. The highest BCUT2D eigenvalue weighted by atomic mass is 32.2. The Morgan fingerprint density at radius 3 is 2.82 bits per heavy atom. The van der Waals surface area contributed by atoms with Gasteiger partial charge in [0.1, 0.15) is 5.82 Å². The molecule has 0 fully saturated rings. The van der Waals surface area contributed by atoms with E-state index in [0.717, 1.165) is 29.1 Å². The van der Waals surface area contributed by atoms with Crippen molar-refractivity contribution < 1.29 is 0 Å². The topological polar surface area (TPSA) is 37.8 Å². The van der Waals surface area contributed by atoms with Gasteiger partial charge in [-0.1, -0.05) is 19.1 Å².